The van der Waals surface area contributed by atoms with E-state index in [1.54, 1.807) is 0 Å². The maximum Gasteiger partial charge on any atom is 0.417 e. The largest absolute Gasteiger partial charge is 0.417 e. The standard InChI is InChI=1S/C18H17ClF5N3O2S/c1-9-14(16(28)27-6-5-17(20,21)8-27)15(10(2)25-9)30(29)26-11-3-4-13(19)12(7-11)18(22,23)24/h3-4,7,25-26H,5-6,8H2,1-2H3. The molecule has 1 amide bonds. The van der Waals surface area contributed by atoms with Gasteiger partial charge in [0.2, 0.25) is 0 Å². The van der Waals surface area contributed by atoms with Crippen molar-refractivity contribution >= 4 is 34.2 Å². The summed E-state index contributed by atoms with van der Waals surface area (Å²) in [6, 6.07) is 2.93. The minimum atomic E-state index is -4.71. The first kappa shape index (κ1) is 22.5. The van der Waals surface area contributed by atoms with Crippen molar-refractivity contribution in [1.29, 1.82) is 0 Å². The Morgan fingerprint density at radius 1 is 1.27 bits per heavy atom. The molecule has 1 aromatic heterocycles. The molecule has 1 atom stereocenters. The van der Waals surface area contributed by atoms with E-state index in [9.17, 15) is 31.0 Å². The Kier molecular flexibility index (Phi) is 5.89. The highest BCUT2D eigenvalue weighted by Gasteiger charge is 2.42. The number of alkyl halides is 5. The van der Waals surface area contributed by atoms with Gasteiger partial charge in [-0.3, -0.25) is 4.79 Å². The van der Waals surface area contributed by atoms with Crippen LogP contribution in [0, 0.1) is 13.8 Å². The van der Waals surface area contributed by atoms with Crippen LogP contribution in [0.2, 0.25) is 5.02 Å². The topological polar surface area (TPSA) is 65.2 Å². The number of anilines is 1. The summed E-state index contributed by atoms with van der Waals surface area (Å²) in [4.78, 5) is 16.6. The van der Waals surface area contributed by atoms with Crippen molar-refractivity contribution in [3.05, 3.63) is 45.7 Å². The molecular weight excluding hydrogens is 453 g/mol. The smallest absolute Gasteiger partial charge is 0.361 e. The van der Waals surface area contributed by atoms with Gasteiger partial charge in [0.25, 0.3) is 11.8 Å². The highest BCUT2D eigenvalue weighted by molar-refractivity contribution is 7.86. The number of hydrogen-bond acceptors (Lipinski definition) is 2. The third-order valence-electron chi connectivity index (χ3n) is 4.66. The zero-order valence-corrected chi connectivity index (χ0v) is 17.4. The van der Waals surface area contributed by atoms with Crippen molar-refractivity contribution in [2.24, 2.45) is 0 Å². The molecule has 1 aliphatic heterocycles. The molecule has 0 radical (unpaired) electrons. The molecule has 1 aromatic carbocycles. The third-order valence-corrected chi connectivity index (χ3v) is 6.29. The SMILES string of the molecule is Cc1[nH]c(C)c(S(=O)Nc2ccc(Cl)c(C(F)(F)F)c2)c1C(=O)N1CCC(F)(F)C1. The van der Waals surface area contributed by atoms with E-state index < -0.39 is 52.5 Å². The number of nitrogens with one attached hydrogen (secondary N) is 2. The molecule has 1 saturated heterocycles. The Balaban J connectivity index is 1.92. The maximum absolute atomic E-state index is 13.5. The van der Waals surface area contributed by atoms with Crippen LogP contribution in [0.25, 0.3) is 0 Å². The van der Waals surface area contributed by atoms with Gasteiger partial charge < -0.3 is 14.6 Å². The van der Waals surface area contributed by atoms with E-state index in [1.807, 2.05) is 0 Å². The van der Waals surface area contributed by atoms with Gasteiger partial charge >= 0.3 is 6.18 Å². The van der Waals surface area contributed by atoms with E-state index in [2.05, 4.69) is 9.71 Å². The van der Waals surface area contributed by atoms with Crippen LogP contribution in [0.3, 0.4) is 0 Å². The van der Waals surface area contributed by atoms with Gasteiger partial charge in [-0.25, -0.2) is 13.0 Å². The van der Waals surface area contributed by atoms with Gasteiger partial charge in [-0.1, -0.05) is 11.6 Å². The fraction of sp³-hybridized carbons (Fsp3) is 0.389. The summed E-state index contributed by atoms with van der Waals surface area (Å²) in [6.45, 7) is 2.15. The van der Waals surface area contributed by atoms with Crippen molar-refractivity contribution in [2.45, 2.75) is 37.3 Å². The Morgan fingerprint density at radius 3 is 2.50 bits per heavy atom. The van der Waals surface area contributed by atoms with Crippen LogP contribution in [-0.4, -0.2) is 39.0 Å². The molecule has 1 unspecified atom stereocenters. The predicted molar refractivity (Wildman–Crippen MR) is 102 cm³/mol. The zero-order valence-electron chi connectivity index (χ0n) is 15.8. The first-order valence-corrected chi connectivity index (χ1v) is 10.2. The first-order chi connectivity index (χ1) is 13.8. The molecule has 3 rings (SSSR count). The number of halogens is 6. The number of carbonyl (C=O) groups excluding carboxylic acids is 1. The lowest BCUT2D eigenvalue weighted by atomic mass is 10.2. The molecule has 1 fully saturated rings. The average Bonchev–Trinajstić information content (AvgIpc) is 3.13. The van der Waals surface area contributed by atoms with Crippen LogP contribution in [0.4, 0.5) is 27.6 Å². The fourth-order valence-electron chi connectivity index (χ4n) is 3.28. The van der Waals surface area contributed by atoms with Gasteiger partial charge in [-0.15, -0.1) is 0 Å². The number of carbonyl (C=O) groups is 1. The molecule has 1 aliphatic rings. The van der Waals surface area contributed by atoms with E-state index >= 15 is 0 Å². The number of aromatic amines is 1. The lowest BCUT2D eigenvalue weighted by Gasteiger charge is -2.17. The number of H-pyrrole nitrogens is 1. The number of rotatable bonds is 4. The number of benzene rings is 1. The Morgan fingerprint density at radius 2 is 1.93 bits per heavy atom. The zero-order chi connectivity index (χ0) is 22.4. The first-order valence-electron chi connectivity index (χ1n) is 8.71. The monoisotopic (exact) mass is 469 g/mol. The average molecular weight is 470 g/mol. The fourth-order valence-corrected chi connectivity index (χ4v) is 4.70. The summed E-state index contributed by atoms with van der Waals surface area (Å²) >= 11 is 5.59. The van der Waals surface area contributed by atoms with Crippen molar-refractivity contribution in [1.82, 2.24) is 9.88 Å². The number of amides is 1. The van der Waals surface area contributed by atoms with Gasteiger partial charge in [0, 0.05) is 30.0 Å². The van der Waals surface area contributed by atoms with Crippen LogP contribution < -0.4 is 4.72 Å². The molecule has 2 aromatic rings. The molecule has 2 N–H and O–H groups in total. The molecule has 0 bridgehead atoms. The summed E-state index contributed by atoms with van der Waals surface area (Å²) in [6.07, 6.45) is -5.18. The van der Waals surface area contributed by atoms with E-state index in [-0.39, 0.29) is 22.7 Å². The van der Waals surface area contributed by atoms with Gasteiger partial charge in [0.05, 0.1) is 27.6 Å². The maximum atomic E-state index is 13.5. The molecule has 5 nitrogen and oxygen atoms in total. The minimum absolute atomic E-state index is 0.00350. The summed E-state index contributed by atoms with van der Waals surface area (Å²) < 4.78 is 81.5. The summed E-state index contributed by atoms with van der Waals surface area (Å²) in [5, 5.41) is -0.515. The van der Waals surface area contributed by atoms with Crippen LogP contribution in [0.15, 0.2) is 23.1 Å². The molecular formula is C18H17ClF5N3O2S. The number of likely N-dealkylation sites (tertiary alicyclic amines) is 1. The van der Waals surface area contributed by atoms with Crippen LogP contribution in [-0.2, 0) is 17.2 Å². The van der Waals surface area contributed by atoms with Crippen LogP contribution >= 0.6 is 11.6 Å². The molecule has 164 valence electrons. The van der Waals surface area contributed by atoms with E-state index in [4.69, 9.17) is 11.6 Å². The van der Waals surface area contributed by atoms with Gasteiger partial charge in [0.1, 0.15) is 0 Å². The second-order valence-corrected chi connectivity index (χ2v) is 8.53. The van der Waals surface area contributed by atoms with Crippen molar-refractivity contribution in [3.63, 3.8) is 0 Å². The quantitative estimate of drug-likeness (QED) is 0.624. The van der Waals surface area contributed by atoms with Crippen molar-refractivity contribution in [3.8, 4) is 0 Å². The third kappa shape index (κ3) is 4.46. The van der Waals surface area contributed by atoms with Crippen LogP contribution in [0.5, 0.6) is 0 Å². The Labute approximate surface area is 176 Å². The van der Waals surface area contributed by atoms with Gasteiger partial charge in [-0.2, -0.15) is 13.2 Å². The molecule has 0 aliphatic carbocycles. The van der Waals surface area contributed by atoms with Crippen LogP contribution in [0.1, 0.15) is 33.7 Å². The molecule has 0 saturated carbocycles. The second kappa shape index (κ2) is 7.84. The highest BCUT2D eigenvalue weighted by atomic mass is 35.5. The number of aromatic nitrogens is 1. The number of nitrogens with zero attached hydrogens (tertiary/aromatic N) is 1. The van der Waals surface area contributed by atoms with E-state index in [0.717, 1.165) is 11.0 Å². The van der Waals surface area contributed by atoms with Crippen molar-refractivity contribution < 1.29 is 31.0 Å². The minimum Gasteiger partial charge on any atom is -0.361 e. The molecule has 12 heteroatoms. The molecule has 30 heavy (non-hydrogen) atoms. The lowest BCUT2D eigenvalue weighted by molar-refractivity contribution is -0.137. The van der Waals surface area contributed by atoms with Gasteiger partial charge in [0.15, 0.2) is 11.0 Å². The lowest BCUT2D eigenvalue weighted by Crippen LogP contribution is -2.32. The summed E-state index contributed by atoms with van der Waals surface area (Å²) in [5.41, 5.74) is -0.623. The number of aryl methyl sites for hydroxylation is 2. The van der Waals surface area contributed by atoms with E-state index in [0.29, 0.717) is 17.5 Å². The predicted octanol–water partition coefficient (Wildman–Crippen LogP) is 4.92. The summed E-state index contributed by atoms with van der Waals surface area (Å²) in [5.74, 6) is -3.71. The number of hydrogen-bond donors (Lipinski definition) is 2. The van der Waals surface area contributed by atoms with Crippen molar-refractivity contribution in [2.75, 3.05) is 17.8 Å². The van der Waals surface area contributed by atoms with E-state index in [1.165, 1.54) is 19.9 Å². The summed E-state index contributed by atoms with van der Waals surface area (Å²) in [7, 11) is -2.14. The second-order valence-electron chi connectivity index (χ2n) is 6.97. The molecule has 2 heterocycles. The molecule has 0 spiro atoms. The highest BCUT2D eigenvalue weighted by Crippen LogP contribution is 2.37. The normalized spacial score (nSPS) is 17.3. The van der Waals surface area contributed by atoms with Gasteiger partial charge in [-0.05, 0) is 32.0 Å². The Hall–Kier alpha value is -2.14. The Bertz CT molecular complexity index is 1020.